The van der Waals surface area contributed by atoms with Crippen LogP contribution in [0.1, 0.15) is 18.5 Å². The van der Waals surface area contributed by atoms with Crippen LogP contribution in [0, 0.1) is 20.2 Å². The van der Waals surface area contributed by atoms with Crippen molar-refractivity contribution in [3.63, 3.8) is 0 Å². The Bertz CT molecular complexity index is 1060. The van der Waals surface area contributed by atoms with Gasteiger partial charge >= 0.3 is 6.03 Å². The van der Waals surface area contributed by atoms with E-state index in [0.717, 1.165) is 0 Å². The van der Waals surface area contributed by atoms with Gasteiger partial charge in [0.2, 0.25) is 0 Å². The summed E-state index contributed by atoms with van der Waals surface area (Å²) in [5.74, 6) is -0.619. The van der Waals surface area contributed by atoms with Crippen molar-refractivity contribution in [2.45, 2.75) is 13.0 Å². The second-order valence-electron chi connectivity index (χ2n) is 6.18. The number of anilines is 1. The first-order valence-corrected chi connectivity index (χ1v) is 8.34. The lowest BCUT2D eigenvalue weighted by molar-refractivity contribution is -0.385. The predicted octanol–water partition coefficient (Wildman–Crippen LogP) is 2.77. The number of hydrogen-bond acceptors (Lipinski definition) is 6. The molecule has 0 radical (unpaired) electrons. The first kappa shape index (κ1) is 19.5. The Kier molecular flexibility index (Phi) is 5.21. The van der Waals surface area contributed by atoms with Crippen LogP contribution in [-0.4, -0.2) is 21.8 Å². The first-order valence-electron chi connectivity index (χ1n) is 8.34. The molecular formula is C18H15N5O6. The third-order valence-electron chi connectivity index (χ3n) is 4.24. The number of carbonyl (C=O) groups is 2. The Balaban J connectivity index is 1.96. The third-order valence-corrected chi connectivity index (χ3v) is 4.24. The summed E-state index contributed by atoms with van der Waals surface area (Å²) in [6.07, 6.45) is 0. The number of urea groups is 1. The third kappa shape index (κ3) is 4.18. The van der Waals surface area contributed by atoms with E-state index in [9.17, 15) is 29.8 Å². The van der Waals surface area contributed by atoms with E-state index >= 15 is 0 Å². The second-order valence-corrected chi connectivity index (χ2v) is 6.18. The minimum Gasteiger partial charge on any atom is -0.327 e. The molecule has 1 aliphatic heterocycles. The standard InChI is InChI=1S/C18H15N5O6/c1-10-15(17(24)20-12-5-3-7-14(9-12)23(28)29)16(21-18(25)19-10)11-4-2-6-13(8-11)22(26)27/h2-9,16H,1H3,(H,20,24)(H2,19,21,25). The largest absolute Gasteiger partial charge is 0.327 e. The van der Waals surface area contributed by atoms with Gasteiger partial charge in [-0.2, -0.15) is 0 Å². The van der Waals surface area contributed by atoms with Crippen molar-refractivity contribution in [2.24, 2.45) is 0 Å². The van der Waals surface area contributed by atoms with E-state index in [4.69, 9.17) is 0 Å². The maximum Gasteiger partial charge on any atom is 0.319 e. The summed E-state index contributed by atoms with van der Waals surface area (Å²) in [7, 11) is 0. The van der Waals surface area contributed by atoms with E-state index < -0.39 is 27.8 Å². The van der Waals surface area contributed by atoms with E-state index in [2.05, 4.69) is 16.0 Å². The number of nitro benzene ring substituents is 2. The van der Waals surface area contributed by atoms with Gasteiger partial charge in [0.25, 0.3) is 17.3 Å². The normalized spacial score (nSPS) is 15.9. The summed E-state index contributed by atoms with van der Waals surface area (Å²) in [6.45, 7) is 1.52. The second kappa shape index (κ2) is 7.76. The highest BCUT2D eigenvalue weighted by molar-refractivity contribution is 6.06. The maximum absolute atomic E-state index is 12.9. The number of non-ortho nitro benzene ring substituents is 2. The average Bonchev–Trinajstić information content (AvgIpc) is 2.67. The molecule has 11 heteroatoms. The van der Waals surface area contributed by atoms with Gasteiger partial charge < -0.3 is 16.0 Å². The monoisotopic (exact) mass is 397 g/mol. The fraction of sp³-hybridized carbons (Fsp3) is 0.111. The number of benzene rings is 2. The molecule has 2 aromatic carbocycles. The van der Waals surface area contributed by atoms with Crippen molar-refractivity contribution < 1.29 is 19.4 Å². The van der Waals surface area contributed by atoms with E-state index in [-0.39, 0.29) is 28.3 Å². The van der Waals surface area contributed by atoms with Crippen LogP contribution < -0.4 is 16.0 Å². The van der Waals surface area contributed by atoms with E-state index in [0.29, 0.717) is 5.56 Å². The smallest absolute Gasteiger partial charge is 0.319 e. The Morgan fingerprint density at radius 2 is 1.66 bits per heavy atom. The van der Waals surface area contributed by atoms with Crippen molar-refractivity contribution in [1.82, 2.24) is 10.6 Å². The Morgan fingerprint density at radius 1 is 1.03 bits per heavy atom. The first-order chi connectivity index (χ1) is 13.8. The van der Waals surface area contributed by atoms with Crippen LogP contribution in [0.25, 0.3) is 0 Å². The highest BCUT2D eigenvalue weighted by atomic mass is 16.6. The maximum atomic E-state index is 12.9. The molecule has 1 aliphatic rings. The number of rotatable bonds is 5. The molecule has 0 fully saturated rings. The molecule has 148 valence electrons. The molecule has 3 rings (SSSR count). The van der Waals surface area contributed by atoms with Crippen molar-refractivity contribution >= 4 is 29.0 Å². The number of allylic oxidation sites excluding steroid dienone is 1. The SMILES string of the molecule is CC1=C(C(=O)Nc2cccc([N+](=O)[O-])c2)C(c2cccc([N+](=O)[O-])c2)NC(=O)N1. The van der Waals surface area contributed by atoms with E-state index in [1.165, 1.54) is 49.4 Å². The molecule has 0 aliphatic carbocycles. The molecule has 0 aromatic heterocycles. The Labute approximate surface area is 163 Å². The van der Waals surface area contributed by atoms with Crippen molar-refractivity contribution in [3.05, 3.63) is 85.6 Å². The minimum absolute atomic E-state index is 0.122. The molecule has 1 heterocycles. The molecular weight excluding hydrogens is 382 g/mol. The fourth-order valence-electron chi connectivity index (χ4n) is 2.96. The molecule has 0 saturated heterocycles. The van der Waals surface area contributed by atoms with Gasteiger partial charge in [-0.1, -0.05) is 18.2 Å². The zero-order valence-corrected chi connectivity index (χ0v) is 15.0. The molecule has 0 spiro atoms. The topological polar surface area (TPSA) is 157 Å². The minimum atomic E-state index is -0.942. The quantitative estimate of drug-likeness (QED) is 0.520. The fourth-order valence-corrected chi connectivity index (χ4v) is 2.96. The highest BCUT2D eigenvalue weighted by Gasteiger charge is 2.32. The van der Waals surface area contributed by atoms with Gasteiger partial charge in [0.15, 0.2) is 0 Å². The summed E-state index contributed by atoms with van der Waals surface area (Å²) >= 11 is 0. The van der Waals surface area contributed by atoms with Crippen molar-refractivity contribution in [2.75, 3.05) is 5.32 Å². The van der Waals surface area contributed by atoms with Crippen LogP contribution in [0.3, 0.4) is 0 Å². The summed E-state index contributed by atoms with van der Waals surface area (Å²) in [4.78, 5) is 45.7. The van der Waals surface area contributed by atoms with Crippen LogP contribution in [0.2, 0.25) is 0 Å². The summed E-state index contributed by atoms with van der Waals surface area (Å²) in [5, 5.41) is 29.6. The number of carbonyl (C=O) groups excluding carboxylic acids is 2. The lowest BCUT2D eigenvalue weighted by Gasteiger charge is -2.28. The van der Waals surface area contributed by atoms with Gasteiger partial charge in [-0.25, -0.2) is 4.79 Å². The summed E-state index contributed by atoms with van der Waals surface area (Å²) < 4.78 is 0. The van der Waals surface area contributed by atoms with E-state index in [1.54, 1.807) is 6.07 Å². The molecule has 3 N–H and O–H groups in total. The Morgan fingerprint density at radius 3 is 2.31 bits per heavy atom. The number of hydrogen-bond donors (Lipinski definition) is 3. The van der Waals surface area contributed by atoms with Crippen LogP contribution >= 0.6 is 0 Å². The van der Waals surface area contributed by atoms with Crippen molar-refractivity contribution in [3.8, 4) is 0 Å². The van der Waals surface area contributed by atoms with Crippen molar-refractivity contribution in [1.29, 1.82) is 0 Å². The van der Waals surface area contributed by atoms with Gasteiger partial charge in [0.1, 0.15) is 0 Å². The van der Waals surface area contributed by atoms with Crippen LogP contribution in [-0.2, 0) is 4.79 Å². The van der Waals surface area contributed by atoms with Gasteiger partial charge in [-0.3, -0.25) is 25.0 Å². The van der Waals surface area contributed by atoms with Crippen LogP contribution in [0.4, 0.5) is 21.9 Å². The highest BCUT2D eigenvalue weighted by Crippen LogP contribution is 2.30. The molecule has 1 unspecified atom stereocenters. The predicted molar refractivity (Wildman–Crippen MR) is 102 cm³/mol. The van der Waals surface area contributed by atoms with Gasteiger partial charge in [-0.15, -0.1) is 0 Å². The number of nitro groups is 2. The Hall–Kier alpha value is -4.28. The molecule has 3 amide bonds. The number of nitrogens with zero attached hydrogens (tertiary/aromatic N) is 2. The summed E-state index contributed by atoms with van der Waals surface area (Å²) in [5.41, 5.74) is 0.534. The average molecular weight is 397 g/mol. The molecule has 0 saturated carbocycles. The van der Waals surface area contributed by atoms with Gasteiger partial charge in [0, 0.05) is 35.6 Å². The van der Waals surface area contributed by atoms with Crippen LogP contribution in [0.5, 0.6) is 0 Å². The molecule has 2 aromatic rings. The summed E-state index contributed by atoms with van der Waals surface area (Å²) in [6, 6.07) is 9.46. The number of nitrogens with one attached hydrogen (secondary N) is 3. The zero-order chi connectivity index (χ0) is 21.1. The number of amides is 3. The van der Waals surface area contributed by atoms with Gasteiger partial charge in [-0.05, 0) is 18.6 Å². The molecule has 11 nitrogen and oxygen atoms in total. The zero-order valence-electron chi connectivity index (χ0n) is 15.0. The molecule has 29 heavy (non-hydrogen) atoms. The van der Waals surface area contributed by atoms with E-state index in [1.807, 2.05) is 0 Å². The lowest BCUT2D eigenvalue weighted by Crippen LogP contribution is -2.46. The van der Waals surface area contributed by atoms with Crippen LogP contribution in [0.15, 0.2) is 59.8 Å². The lowest BCUT2D eigenvalue weighted by atomic mass is 9.94. The van der Waals surface area contributed by atoms with Gasteiger partial charge in [0.05, 0.1) is 21.5 Å². The molecule has 1 atom stereocenters. The molecule has 0 bridgehead atoms.